The van der Waals surface area contributed by atoms with Crippen molar-refractivity contribution < 1.29 is 19.2 Å². The number of urea groups is 1. The highest BCUT2D eigenvalue weighted by atomic mass is 32.2. The van der Waals surface area contributed by atoms with Crippen molar-refractivity contribution in [1.82, 2.24) is 20.4 Å². The Morgan fingerprint density at radius 1 is 1.32 bits per heavy atom. The number of nitrogens with two attached hydrogens (primary N) is 1. The second-order valence-electron chi connectivity index (χ2n) is 6.29. The molecule has 1 aliphatic rings. The third kappa shape index (κ3) is 6.11. The second-order valence-corrected chi connectivity index (χ2v) is 7.16. The summed E-state index contributed by atoms with van der Waals surface area (Å²) >= 11 is 1.36. The number of hydrogen-bond donors (Lipinski definition) is 3. The van der Waals surface area contributed by atoms with Crippen LogP contribution in [0.3, 0.4) is 0 Å². The lowest BCUT2D eigenvalue weighted by Crippen LogP contribution is -2.57. The molecule has 4 N–H and O–H groups in total. The van der Waals surface area contributed by atoms with Gasteiger partial charge in [0.2, 0.25) is 17.7 Å². The minimum Gasteiger partial charge on any atom is -0.368 e. The zero-order valence-electron chi connectivity index (χ0n) is 15.1. The van der Waals surface area contributed by atoms with Crippen LogP contribution in [0.25, 0.3) is 0 Å². The van der Waals surface area contributed by atoms with E-state index in [0.717, 1.165) is 0 Å². The summed E-state index contributed by atoms with van der Waals surface area (Å²) in [6, 6.07) is -1.81. The number of thioether (sulfide) groups is 1. The van der Waals surface area contributed by atoms with Gasteiger partial charge in [-0.25, -0.2) is 4.79 Å². The number of amides is 5. The van der Waals surface area contributed by atoms with E-state index in [1.54, 1.807) is 6.26 Å². The van der Waals surface area contributed by atoms with Gasteiger partial charge in [0.25, 0.3) is 0 Å². The van der Waals surface area contributed by atoms with Gasteiger partial charge in [-0.15, -0.1) is 0 Å². The van der Waals surface area contributed by atoms with Crippen LogP contribution in [-0.4, -0.2) is 83.8 Å². The maximum Gasteiger partial charge on any atom is 0.315 e. The van der Waals surface area contributed by atoms with E-state index in [4.69, 9.17) is 5.73 Å². The molecule has 0 radical (unpaired) electrons. The molecule has 142 valence electrons. The number of likely N-dealkylation sites (tertiary alicyclic amines) is 1. The SMILES string of the molecule is CSCC(=O)N1CCC(NC(=O)NC(C)C)C1C(=O)N(C)CC(N)=O. The topological polar surface area (TPSA) is 125 Å². The van der Waals surface area contributed by atoms with Gasteiger partial charge < -0.3 is 26.2 Å². The minimum atomic E-state index is -0.845. The molecular weight excluding hydrogens is 346 g/mol. The van der Waals surface area contributed by atoms with Gasteiger partial charge in [0, 0.05) is 19.6 Å². The predicted octanol–water partition coefficient (Wildman–Crippen LogP) is -1.03. The van der Waals surface area contributed by atoms with Crippen molar-refractivity contribution in [1.29, 1.82) is 0 Å². The Hall–Kier alpha value is -1.97. The number of likely N-dealkylation sites (N-methyl/N-ethyl adjacent to an activating group) is 1. The Labute approximate surface area is 152 Å². The fraction of sp³-hybridized carbons (Fsp3) is 0.733. The number of carbonyl (C=O) groups is 4. The Morgan fingerprint density at radius 2 is 1.96 bits per heavy atom. The van der Waals surface area contributed by atoms with Crippen molar-refractivity contribution in [3.8, 4) is 0 Å². The van der Waals surface area contributed by atoms with Gasteiger partial charge in [-0.2, -0.15) is 11.8 Å². The van der Waals surface area contributed by atoms with Gasteiger partial charge in [-0.1, -0.05) is 0 Å². The molecule has 0 aromatic rings. The molecule has 2 atom stereocenters. The lowest BCUT2D eigenvalue weighted by atomic mass is 10.1. The Kier molecular flexibility index (Phi) is 8.01. The molecule has 1 aliphatic heterocycles. The first-order valence-corrected chi connectivity index (χ1v) is 9.45. The van der Waals surface area contributed by atoms with Crippen molar-refractivity contribution in [3.05, 3.63) is 0 Å². The summed E-state index contributed by atoms with van der Waals surface area (Å²) in [4.78, 5) is 50.8. The second kappa shape index (κ2) is 9.50. The molecule has 9 nitrogen and oxygen atoms in total. The van der Waals surface area contributed by atoms with Crippen LogP contribution < -0.4 is 16.4 Å². The molecule has 0 aliphatic carbocycles. The van der Waals surface area contributed by atoms with Gasteiger partial charge in [0.1, 0.15) is 6.04 Å². The first kappa shape index (κ1) is 21.1. The number of primary amides is 1. The van der Waals surface area contributed by atoms with E-state index in [2.05, 4.69) is 10.6 Å². The molecule has 2 unspecified atom stereocenters. The highest BCUT2D eigenvalue weighted by Gasteiger charge is 2.43. The van der Waals surface area contributed by atoms with Gasteiger partial charge >= 0.3 is 6.03 Å². The van der Waals surface area contributed by atoms with Crippen molar-refractivity contribution >= 4 is 35.5 Å². The molecule has 10 heteroatoms. The van der Waals surface area contributed by atoms with Crippen molar-refractivity contribution in [3.63, 3.8) is 0 Å². The van der Waals surface area contributed by atoms with Crippen LogP contribution in [0.15, 0.2) is 0 Å². The molecule has 1 heterocycles. The summed E-state index contributed by atoms with van der Waals surface area (Å²) in [5.41, 5.74) is 5.15. The normalized spacial score (nSPS) is 19.6. The predicted molar refractivity (Wildman–Crippen MR) is 95.9 cm³/mol. The molecule has 0 aromatic carbocycles. The average molecular weight is 373 g/mol. The largest absolute Gasteiger partial charge is 0.368 e. The van der Waals surface area contributed by atoms with Crippen LogP contribution >= 0.6 is 11.8 Å². The van der Waals surface area contributed by atoms with Gasteiger partial charge in [-0.05, 0) is 26.5 Å². The fourth-order valence-electron chi connectivity index (χ4n) is 2.74. The van der Waals surface area contributed by atoms with Gasteiger partial charge in [0.05, 0.1) is 18.3 Å². The summed E-state index contributed by atoms with van der Waals surface area (Å²) in [7, 11) is 1.45. The number of rotatable bonds is 7. The molecule has 1 saturated heterocycles. The smallest absolute Gasteiger partial charge is 0.315 e. The monoisotopic (exact) mass is 373 g/mol. The van der Waals surface area contributed by atoms with Crippen LogP contribution in [0, 0.1) is 0 Å². The van der Waals surface area contributed by atoms with E-state index in [9.17, 15) is 19.2 Å². The first-order valence-electron chi connectivity index (χ1n) is 8.06. The molecule has 0 spiro atoms. The average Bonchev–Trinajstić information content (AvgIpc) is 2.88. The number of hydrogen-bond acceptors (Lipinski definition) is 5. The van der Waals surface area contributed by atoms with E-state index in [-0.39, 0.29) is 24.2 Å². The van der Waals surface area contributed by atoms with Crippen molar-refractivity contribution in [2.45, 2.75) is 38.4 Å². The zero-order valence-corrected chi connectivity index (χ0v) is 15.9. The van der Waals surface area contributed by atoms with E-state index in [1.165, 1.54) is 28.6 Å². The minimum absolute atomic E-state index is 0.0534. The van der Waals surface area contributed by atoms with Gasteiger partial charge in [-0.3, -0.25) is 14.4 Å². The summed E-state index contributed by atoms with van der Waals surface area (Å²) in [5.74, 6) is -0.987. The summed E-state index contributed by atoms with van der Waals surface area (Å²) in [6.45, 7) is 3.77. The number of carbonyl (C=O) groups excluding carboxylic acids is 4. The highest BCUT2D eigenvalue weighted by molar-refractivity contribution is 7.99. The first-order chi connectivity index (χ1) is 11.7. The van der Waals surface area contributed by atoms with Crippen LogP contribution in [0.4, 0.5) is 4.79 Å². The van der Waals surface area contributed by atoms with E-state index >= 15 is 0 Å². The molecule has 0 saturated carbocycles. The standard InChI is InChI=1S/C15H27N5O4S/c1-9(2)17-15(24)18-10-5-6-20(12(22)8-25-4)13(10)14(23)19(3)7-11(16)21/h9-10,13H,5-8H2,1-4H3,(H2,16,21)(H2,17,18,24). The third-order valence-corrected chi connectivity index (χ3v) is 4.28. The molecule has 5 amide bonds. The molecular formula is C15H27N5O4S. The van der Waals surface area contributed by atoms with Crippen LogP contribution in [0.2, 0.25) is 0 Å². The lowest BCUT2D eigenvalue weighted by molar-refractivity contribution is -0.143. The fourth-order valence-corrected chi connectivity index (χ4v) is 3.16. The molecule has 1 rings (SSSR count). The Bertz CT molecular complexity index is 528. The van der Waals surface area contributed by atoms with E-state index in [1.807, 2.05) is 13.8 Å². The summed E-state index contributed by atoms with van der Waals surface area (Å²) < 4.78 is 0. The maximum absolute atomic E-state index is 12.8. The summed E-state index contributed by atoms with van der Waals surface area (Å²) in [5, 5.41) is 5.47. The van der Waals surface area contributed by atoms with E-state index < -0.39 is 29.9 Å². The van der Waals surface area contributed by atoms with E-state index in [0.29, 0.717) is 13.0 Å². The lowest BCUT2D eigenvalue weighted by Gasteiger charge is -2.30. The molecule has 25 heavy (non-hydrogen) atoms. The van der Waals surface area contributed by atoms with Crippen LogP contribution in [0.1, 0.15) is 20.3 Å². The molecule has 0 bridgehead atoms. The molecule has 1 fully saturated rings. The zero-order chi connectivity index (χ0) is 19.1. The third-order valence-electron chi connectivity index (χ3n) is 3.74. The highest BCUT2D eigenvalue weighted by Crippen LogP contribution is 2.21. The van der Waals surface area contributed by atoms with Crippen LogP contribution in [0.5, 0.6) is 0 Å². The number of nitrogens with one attached hydrogen (secondary N) is 2. The van der Waals surface area contributed by atoms with Crippen molar-refractivity contribution in [2.75, 3.05) is 32.1 Å². The number of nitrogens with zero attached hydrogens (tertiary/aromatic N) is 2. The maximum atomic E-state index is 12.8. The van der Waals surface area contributed by atoms with Crippen molar-refractivity contribution in [2.24, 2.45) is 5.73 Å². The summed E-state index contributed by atoms with van der Waals surface area (Å²) in [6.07, 6.45) is 2.27. The van der Waals surface area contributed by atoms with Gasteiger partial charge in [0.15, 0.2) is 0 Å². The Morgan fingerprint density at radius 3 is 2.48 bits per heavy atom. The Balaban J connectivity index is 2.95. The molecule has 0 aromatic heterocycles. The quantitative estimate of drug-likeness (QED) is 0.526. The van der Waals surface area contributed by atoms with Crippen LogP contribution in [-0.2, 0) is 14.4 Å².